The number of aryl methyl sites for hydroxylation is 1. The van der Waals surface area contributed by atoms with E-state index in [0.29, 0.717) is 25.9 Å². The van der Waals surface area contributed by atoms with E-state index >= 15 is 0 Å². The minimum Gasteiger partial charge on any atom is -0.356 e. The fraction of sp³-hybridized carbons (Fsp3) is 0.381. The van der Waals surface area contributed by atoms with E-state index in [2.05, 4.69) is 5.32 Å². The smallest absolute Gasteiger partial charge is 0.243 e. The van der Waals surface area contributed by atoms with Crippen LogP contribution in [0.15, 0.2) is 59.5 Å². The van der Waals surface area contributed by atoms with E-state index in [4.69, 9.17) is 11.6 Å². The van der Waals surface area contributed by atoms with Crippen LogP contribution in [0.3, 0.4) is 0 Å². The van der Waals surface area contributed by atoms with Gasteiger partial charge in [-0.25, -0.2) is 8.42 Å². The maximum atomic E-state index is 12.8. The fourth-order valence-corrected chi connectivity index (χ4v) is 5.23. The lowest BCUT2D eigenvalue weighted by Gasteiger charge is -2.31. The van der Waals surface area contributed by atoms with Crippen LogP contribution in [0.1, 0.15) is 24.8 Å². The standard InChI is InChI=1S/C21H25ClN2O3S/c22-20-13-5-4-8-17(20)9-6-14-23-21(25)18-10-7-15-24(16-18)28(26,27)19-11-2-1-3-12-19/h1-5,8,11-13,18H,6-7,9-10,14-16H2,(H,23,25). The molecule has 0 saturated carbocycles. The molecule has 0 spiro atoms. The van der Waals surface area contributed by atoms with Crippen molar-refractivity contribution in [3.63, 3.8) is 0 Å². The minimum absolute atomic E-state index is 0.0767. The summed E-state index contributed by atoms with van der Waals surface area (Å²) in [5, 5.41) is 3.69. The fourth-order valence-electron chi connectivity index (χ4n) is 3.45. The first-order chi connectivity index (χ1) is 13.5. The Morgan fingerprint density at radius 1 is 1.11 bits per heavy atom. The highest BCUT2D eigenvalue weighted by Crippen LogP contribution is 2.24. The number of benzene rings is 2. The lowest BCUT2D eigenvalue weighted by Crippen LogP contribution is -2.45. The van der Waals surface area contributed by atoms with Gasteiger partial charge in [-0.15, -0.1) is 0 Å². The van der Waals surface area contributed by atoms with E-state index in [9.17, 15) is 13.2 Å². The minimum atomic E-state index is -3.56. The SMILES string of the molecule is O=C(NCCCc1ccccc1Cl)C1CCCN(S(=O)(=O)c2ccccc2)C1. The molecule has 1 aliphatic heterocycles. The third kappa shape index (κ3) is 5.13. The van der Waals surface area contributed by atoms with Gasteiger partial charge in [0.1, 0.15) is 0 Å². The van der Waals surface area contributed by atoms with Crippen LogP contribution in [-0.2, 0) is 21.2 Å². The molecular weight excluding hydrogens is 396 g/mol. The predicted molar refractivity (Wildman–Crippen MR) is 111 cm³/mol. The van der Waals surface area contributed by atoms with Gasteiger partial charge in [0.25, 0.3) is 0 Å². The van der Waals surface area contributed by atoms with Crippen molar-refractivity contribution in [1.82, 2.24) is 9.62 Å². The highest BCUT2D eigenvalue weighted by molar-refractivity contribution is 7.89. The zero-order valence-electron chi connectivity index (χ0n) is 15.7. The van der Waals surface area contributed by atoms with Gasteiger partial charge in [-0.3, -0.25) is 4.79 Å². The molecule has 1 N–H and O–H groups in total. The van der Waals surface area contributed by atoms with Crippen molar-refractivity contribution in [1.29, 1.82) is 0 Å². The Bertz CT molecular complexity index is 903. The number of carbonyl (C=O) groups is 1. The number of hydrogen-bond donors (Lipinski definition) is 1. The van der Waals surface area contributed by atoms with Crippen LogP contribution in [-0.4, -0.2) is 38.3 Å². The third-order valence-corrected chi connectivity index (χ3v) is 7.26. The van der Waals surface area contributed by atoms with Gasteiger partial charge in [-0.2, -0.15) is 4.31 Å². The molecule has 1 fully saturated rings. The molecule has 0 bridgehead atoms. The molecule has 1 aliphatic rings. The van der Waals surface area contributed by atoms with Crippen LogP contribution < -0.4 is 5.32 Å². The van der Waals surface area contributed by atoms with Gasteiger partial charge in [0.15, 0.2) is 0 Å². The second-order valence-corrected chi connectivity index (χ2v) is 9.35. The first kappa shape index (κ1) is 20.8. The van der Waals surface area contributed by atoms with E-state index in [1.54, 1.807) is 30.3 Å². The Kier molecular flexibility index (Phi) is 7.10. The summed E-state index contributed by atoms with van der Waals surface area (Å²) in [5.74, 6) is -0.389. The Hall–Kier alpha value is -1.89. The molecule has 150 valence electrons. The molecule has 7 heteroatoms. The lowest BCUT2D eigenvalue weighted by atomic mass is 9.99. The summed E-state index contributed by atoms with van der Waals surface area (Å²) >= 11 is 6.15. The van der Waals surface area contributed by atoms with Crippen molar-refractivity contribution in [2.45, 2.75) is 30.6 Å². The highest BCUT2D eigenvalue weighted by Gasteiger charge is 2.33. The summed E-state index contributed by atoms with van der Waals surface area (Å²) in [6.07, 6.45) is 2.97. The van der Waals surface area contributed by atoms with Crippen molar-refractivity contribution in [3.05, 3.63) is 65.2 Å². The summed E-state index contributed by atoms with van der Waals surface area (Å²) in [4.78, 5) is 12.8. The molecule has 0 radical (unpaired) electrons. The summed E-state index contributed by atoms with van der Waals surface area (Å²) < 4.78 is 27.0. The molecule has 2 aromatic rings. The monoisotopic (exact) mass is 420 g/mol. The van der Waals surface area contributed by atoms with Crippen LogP contribution in [0, 0.1) is 5.92 Å². The van der Waals surface area contributed by atoms with Crippen molar-refractivity contribution in [2.24, 2.45) is 5.92 Å². The normalized spacial score (nSPS) is 18.0. The topological polar surface area (TPSA) is 66.5 Å². The van der Waals surface area contributed by atoms with Gasteiger partial charge in [0, 0.05) is 24.7 Å². The molecule has 1 saturated heterocycles. The van der Waals surface area contributed by atoms with E-state index in [0.717, 1.165) is 23.4 Å². The molecule has 2 aromatic carbocycles. The number of piperidine rings is 1. The number of halogens is 1. The number of carbonyl (C=O) groups excluding carboxylic acids is 1. The first-order valence-corrected chi connectivity index (χ1v) is 11.4. The number of nitrogens with one attached hydrogen (secondary N) is 1. The Morgan fingerprint density at radius 3 is 2.57 bits per heavy atom. The highest BCUT2D eigenvalue weighted by atomic mass is 35.5. The average Bonchev–Trinajstić information content (AvgIpc) is 2.73. The van der Waals surface area contributed by atoms with Crippen molar-refractivity contribution < 1.29 is 13.2 Å². The van der Waals surface area contributed by atoms with Gasteiger partial charge in [-0.1, -0.05) is 48.0 Å². The lowest BCUT2D eigenvalue weighted by molar-refractivity contribution is -0.126. The maximum Gasteiger partial charge on any atom is 0.243 e. The number of nitrogens with zero attached hydrogens (tertiary/aromatic N) is 1. The zero-order valence-corrected chi connectivity index (χ0v) is 17.3. The summed E-state index contributed by atoms with van der Waals surface area (Å²) in [6, 6.07) is 16.1. The quantitative estimate of drug-likeness (QED) is 0.697. The molecule has 28 heavy (non-hydrogen) atoms. The van der Waals surface area contributed by atoms with E-state index in [1.807, 2.05) is 24.3 Å². The number of amides is 1. The van der Waals surface area contributed by atoms with Crippen molar-refractivity contribution >= 4 is 27.5 Å². The van der Waals surface area contributed by atoms with E-state index in [-0.39, 0.29) is 23.3 Å². The first-order valence-electron chi connectivity index (χ1n) is 9.55. The van der Waals surface area contributed by atoms with Crippen LogP contribution in [0.4, 0.5) is 0 Å². The number of hydrogen-bond acceptors (Lipinski definition) is 3. The van der Waals surface area contributed by atoms with Crippen molar-refractivity contribution in [3.8, 4) is 0 Å². The van der Waals surface area contributed by atoms with Gasteiger partial charge < -0.3 is 5.32 Å². The average molecular weight is 421 g/mol. The van der Waals surface area contributed by atoms with Gasteiger partial charge >= 0.3 is 0 Å². The molecule has 1 amide bonds. The van der Waals surface area contributed by atoms with E-state index in [1.165, 1.54) is 4.31 Å². The molecule has 5 nitrogen and oxygen atoms in total. The van der Waals surface area contributed by atoms with Crippen molar-refractivity contribution in [2.75, 3.05) is 19.6 Å². The van der Waals surface area contributed by atoms with Gasteiger partial charge in [-0.05, 0) is 49.4 Å². The molecule has 1 atom stereocenters. The predicted octanol–water partition coefficient (Wildman–Crippen LogP) is 3.49. The zero-order chi connectivity index (χ0) is 20.0. The Morgan fingerprint density at radius 2 is 1.82 bits per heavy atom. The summed E-state index contributed by atoms with van der Waals surface area (Å²) in [6.45, 7) is 1.23. The number of rotatable bonds is 7. The maximum absolute atomic E-state index is 12.8. The molecule has 3 rings (SSSR count). The molecule has 0 aliphatic carbocycles. The van der Waals surface area contributed by atoms with Crippen LogP contribution in [0.2, 0.25) is 5.02 Å². The van der Waals surface area contributed by atoms with E-state index < -0.39 is 10.0 Å². The third-order valence-electron chi connectivity index (χ3n) is 5.02. The number of sulfonamides is 1. The van der Waals surface area contributed by atoms with Crippen LogP contribution >= 0.6 is 11.6 Å². The molecule has 1 unspecified atom stereocenters. The Balaban J connectivity index is 1.51. The van der Waals surface area contributed by atoms with Gasteiger partial charge in [0.2, 0.25) is 15.9 Å². The summed E-state index contributed by atoms with van der Waals surface area (Å²) in [5.41, 5.74) is 1.07. The van der Waals surface area contributed by atoms with Crippen LogP contribution in [0.25, 0.3) is 0 Å². The second-order valence-electron chi connectivity index (χ2n) is 7.00. The second kappa shape index (κ2) is 9.54. The Labute approximate surface area is 171 Å². The van der Waals surface area contributed by atoms with Crippen LogP contribution in [0.5, 0.6) is 0 Å². The molecular formula is C21H25ClN2O3S. The summed E-state index contributed by atoms with van der Waals surface area (Å²) in [7, 11) is -3.56. The van der Waals surface area contributed by atoms with Gasteiger partial charge in [0.05, 0.1) is 10.8 Å². The molecule has 1 heterocycles. The molecule has 0 aromatic heterocycles. The largest absolute Gasteiger partial charge is 0.356 e.